The number of nitrogens with zero attached hydrogens (tertiary/aromatic N) is 1. The van der Waals surface area contributed by atoms with Gasteiger partial charge in [0.05, 0.1) is 39.9 Å². The Hall–Kier alpha value is -0.760. The Morgan fingerprint density at radius 3 is 1.10 bits per heavy atom. The number of carbonyl (C=O) groups excluding carboxylic acids is 1. The number of rotatable bonds is 58. The molecule has 1 amide bonds. The van der Waals surface area contributed by atoms with Crippen molar-refractivity contribution < 1.29 is 32.9 Å². The van der Waals surface area contributed by atoms with Crippen LogP contribution in [0.5, 0.6) is 0 Å². The quantitative estimate of drug-likeness (QED) is 0.0243. The normalized spacial score (nSPS) is 13.9. The molecule has 0 aliphatic rings. The molecule has 70 heavy (non-hydrogen) atoms. The molecule has 0 aromatic rings. The fraction of sp³-hybridized carbons (Fsp3) is 0.951. The molecule has 0 heterocycles. The zero-order valence-electron chi connectivity index (χ0n) is 47.8. The van der Waals surface area contributed by atoms with Gasteiger partial charge in [-0.2, -0.15) is 0 Å². The number of hydrogen-bond donors (Lipinski definition) is 3. The summed E-state index contributed by atoms with van der Waals surface area (Å²) >= 11 is 0. The second-order valence-electron chi connectivity index (χ2n) is 22.8. The maximum atomic E-state index is 13.0. The van der Waals surface area contributed by atoms with Crippen molar-refractivity contribution in [3.63, 3.8) is 0 Å². The zero-order valence-corrected chi connectivity index (χ0v) is 48.7. The van der Waals surface area contributed by atoms with E-state index in [2.05, 4.69) is 31.3 Å². The second-order valence-corrected chi connectivity index (χ2v) is 24.2. The minimum Gasteiger partial charge on any atom is -0.391 e. The number of carbonyl (C=O) groups is 1. The van der Waals surface area contributed by atoms with Gasteiger partial charge in [-0.25, -0.2) is 4.57 Å². The largest absolute Gasteiger partial charge is 0.472 e. The van der Waals surface area contributed by atoms with Crippen LogP contribution in [-0.4, -0.2) is 73.4 Å². The fourth-order valence-electron chi connectivity index (χ4n) is 9.63. The molecule has 0 radical (unpaired) electrons. The van der Waals surface area contributed by atoms with Gasteiger partial charge in [0.15, 0.2) is 0 Å². The molecule has 3 unspecified atom stereocenters. The van der Waals surface area contributed by atoms with Crippen molar-refractivity contribution >= 4 is 13.7 Å². The number of quaternary nitrogens is 1. The van der Waals surface area contributed by atoms with Gasteiger partial charge >= 0.3 is 7.82 Å². The summed E-state index contributed by atoms with van der Waals surface area (Å²) in [5, 5.41) is 14.1. The van der Waals surface area contributed by atoms with Crippen LogP contribution >= 0.6 is 7.82 Å². The van der Waals surface area contributed by atoms with Gasteiger partial charge in [-0.1, -0.05) is 289 Å². The molecule has 0 aliphatic heterocycles. The van der Waals surface area contributed by atoms with E-state index in [1.54, 1.807) is 0 Å². The molecule has 9 heteroatoms. The molecule has 0 aromatic carbocycles. The number of aliphatic hydroxyl groups is 1. The van der Waals surface area contributed by atoms with Crippen molar-refractivity contribution in [2.75, 3.05) is 40.9 Å². The van der Waals surface area contributed by atoms with Gasteiger partial charge in [-0.3, -0.25) is 13.8 Å². The van der Waals surface area contributed by atoms with Crippen molar-refractivity contribution in [2.24, 2.45) is 0 Å². The van der Waals surface area contributed by atoms with Crippen LogP contribution < -0.4 is 5.32 Å². The van der Waals surface area contributed by atoms with E-state index in [4.69, 9.17) is 9.05 Å². The molecule has 0 aromatic heterocycles. The predicted octanol–water partition coefficient (Wildman–Crippen LogP) is 19.0. The Morgan fingerprint density at radius 1 is 0.471 bits per heavy atom. The van der Waals surface area contributed by atoms with E-state index in [9.17, 15) is 19.4 Å². The summed E-state index contributed by atoms with van der Waals surface area (Å²) in [4.78, 5) is 23.4. The molecule has 3 atom stereocenters. The topological polar surface area (TPSA) is 105 Å². The van der Waals surface area contributed by atoms with E-state index in [0.29, 0.717) is 23.9 Å². The maximum Gasteiger partial charge on any atom is 0.472 e. The number of likely N-dealkylation sites (N-methyl/N-ethyl adjacent to an activating group) is 1. The highest BCUT2D eigenvalue weighted by Gasteiger charge is 2.28. The van der Waals surface area contributed by atoms with Crippen LogP contribution in [0.4, 0.5) is 0 Å². The summed E-state index contributed by atoms with van der Waals surface area (Å²) in [7, 11) is 1.63. The lowest BCUT2D eigenvalue weighted by Crippen LogP contribution is -2.46. The van der Waals surface area contributed by atoms with Crippen molar-refractivity contribution in [1.29, 1.82) is 0 Å². The highest BCUT2D eigenvalue weighted by molar-refractivity contribution is 7.47. The van der Waals surface area contributed by atoms with E-state index >= 15 is 0 Å². The number of hydrogen-bond acceptors (Lipinski definition) is 5. The van der Waals surface area contributed by atoms with Gasteiger partial charge in [-0.05, 0) is 38.5 Å². The smallest absolute Gasteiger partial charge is 0.391 e. The third-order valence-electron chi connectivity index (χ3n) is 14.5. The van der Waals surface area contributed by atoms with Crippen molar-refractivity contribution in [3.05, 3.63) is 12.2 Å². The Labute approximate surface area is 437 Å². The van der Waals surface area contributed by atoms with E-state index < -0.39 is 20.0 Å². The van der Waals surface area contributed by atoms with E-state index in [1.165, 1.54) is 257 Å². The third kappa shape index (κ3) is 55.0. The lowest BCUT2D eigenvalue weighted by atomic mass is 10.0. The number of unbranched alkanes of at least 4 members (excludes halogenated alkanes) is 43. The number of phosphoric ester groups is 1. The maximum absolute atomic E-state index is 13.0. The number of amides is 1. The first-order valence-electron chi connectivity index (χ1n) is 31.1. The van der Waals surface area contributed by atoms with Gasteiger partial charge in [0.1, 0.15) is 13.2 Å². The van der Waals surface area contributed by atoms with Crippen LogP contribution in [0.3, 0.4) is 0 Å². The summed E-state index contributed by atoms with van der Waals surface area (Å²) in [6, 6.07) is -0.758. The Balaban J connectivity index is 4.06. The predicted molar refractivity (Wildman–Crippen MR) is 305 cm³/mol. The van der Waals surface area contributed by atoms with Crippen molar-refractivity contribution in [3.8, 4) is 0 Å². The van der Waals surface area contributed by atoms with E-state index in [-0.39, 0.29) is 19.1 Å². The van der Waals surface area contributed by atoms with E-state index in [0.717, 1.165) is 38.5 Å². The monoisotopic (exact) mass is 1010 g/mol. The first-order chi connectivity index (χ1) is 34.0. The van der Waals surface area contributed by atoms with Gasteiger partial charge in [-0.15, -0.1) is 0 Å². The van der Waals surface area contributed by atoms with Crippen LogP contribution in [0.25, 0.3) is 0 Å². The van der Waals surface area contributed by atoms with E-state index in [1.807, 2.05) is 21.1 Å². The van der Waals surface area contributed by atoms with Gasteiger partial charge in [0.25, 0.3) is 0 Å². The van der Waals surface area contributed by atoms with Gasteiger partial charge < -0.3 is 19.8 Å². The molecule has 0 rings (SSSR count). The van der Waals surface area contributed by atoms with Crippen molar-refractivity contribution in [1.82, 2.24) is 5.32 Å². The highest BCUT2D eigenvalue weighted by atomic mass is 31.2. The summed E-state index contributed by atoms with van der Waals surface area (Å²) in [5.41, 5.74) is 0. The molecule has 0 bridgehead atoms. The average Bonchev–Trinajstić information content (AvgIpc) is 3.32. The van der Waals surface area contributed by atoms with Gasteiger partial charge in [0, 0.05) is 6.42 Å². The van der Waals surface area contributed by atoms with Crippen LogP contribution in [0.2, 0.25) is 0 Å². The molecule has 0 saturated carbocycles. The number of aliphatic hydroxyl groups excluding tert-OH is 1. The molecular weight excluding hydrogens is 888 g/mol. The Morgan fingerprint density at radius 2 is 0.771 bits per heavy atom. The summed E-state index contributed by atoms with van der Waals surface area (Å²) in [6.45, 7) is 4.94. The van der Waals surface area contributed by atoms with Crippen LogP contribution in [0, 0.1) is 0 Å². The Kier molecular flexibility index (Phi) is 52.5. The third-order valence-corrected chi connectivity index (χ3v) is 15.5. The fourth-order valence-corrected chi connectivity index (χ4v) is 10.4. The number of nitrogens with one attached hydrogen (secondary N) is 1. The number of phosphoric acid groups is 1. The molecular formula is C61H124N2O6P+. The minimum atomic E-state index is -4.32. The molecule has 0 spiro atoms. The molecule has 0 saturated heterocycles. The molecule has 3 N–H and O–H groups in total. The summed E-state index contributed by atoms with van der Waals surface area (Å²) < 4.78 is 23.8. The Bertz CT molecular complexity index is 1150. The molecule has 0 aliphatic carbocycles. The molecule has 0 fully saturated rings. The van der Waals surface area contributed by atoms with Crippen LogP contribution in [-0.2, 0) is 18.4 Å². The molecule has 418 valence electrons. The average molecular weight is 1010 g/mol. The molecule has 8 nitrogen and oxygen atoms in total. The SMILES string of the molecule is CCCCCCCCCCCCCC/C=C\CCCCCCCCCCCCCCCC(=O)NC(COP(=O)(O)OCC[N+](C)(C)C)C(O)CCCCCCCCCCCCCCCCCCCCC. The second kappa shape index (κ2) is 53.1. The zero-order chi connectivity index (χ0) is 51.3. The first kappa shape index (κ1) is 69.2. The summed E-state index contributed by atoms with van der Waals surface area (Å²) in [5.74, 6) is -0.138. The highest BCUT2D eigenvalue weighted by Crippen LogP contribution is 2.43. The minimum absolute atomic E-state index is 0.0776. The van der Waals surface area contributed by atoms with Crippen molar-refractivity contribution in [2.45, 2.75) is 334 Å². The lowest BCUT2D eigenvalue weighted by Gasteiger charge is -2.26. The standard InChI is InChI=1S/C61H123N2O6P/c1-6-8-10-12-14-16-18-20-22-24-26-27-28-29-30-31-32-33-34-35-37-39-41-43-45-47-49-51-53-55-61(65)62-59(58-69-70(66,67)68-57-56-63(3,4)5)60(64)54-52-50-48-46-44-42-40-38-36-25-23-21-19-17-15-13-11-9-7-2/h29-30,59-60,64H,6-28,31-58H2,1-5H3,(H-,62,65,66,67)/p+1/b30-29-. The van der Waals surface area contributed by atoms with Crippen LogP contribution in [0.1, 0.15) is 322 Å². The van der Waals surface area contributed by atoms with Gasteiger partial charge in [0.2, 0.25) is 5.91 Å². The van der Waals surface area contributed by atoms with Crippen LogP contribution in [0.15, 0.2) is 12.2 Å². The summed E-state index contributed by atoms with van der Waals surface area (Å²) in [6.07, 6.45) is 65.7. The lowest BCUT2D eigenvalue weighted by molar-refractivity contribution is -0.870. The number of allylic oxidation sites excluding steroid dienone is 2. The first-order valence-corrected chi connectivity index (χ1v) is 32.5.